The van der Waals surface area contributed by atoms with E-state index in [4.69, 9.17) is 9.47 Å². The molecule has 0 aliphatic heterocycles. The van der Waals surface area contributed by atoms with Crippen LogP contribution in [-0.4, -0.2) is 31.5 Å². The fourth-order valence-corrected chi connectivity index (χ4v) is 4.45. The number of aryl methyl sites for hydroxylation is 1. The van der Waals surface area contributed by atoms with Crippen LogP contribution in [0.3, 0.4) is 0 Å². The Morgan fingerprint density at radius 1 is 1.17 bits per heavy atom. The molecule has 0 unspecified atom stereocenters. The van der Waals surface area contributed by atoms with Gasteiger partial charge in [-0.25, -0.2) is 18.0 Å². The lowest BCUT2D eigenvalue weighted by Crippen LogP contribution is -2.20. The zero-order valence-electron chi connectivity index (χ0n) is 15.7. The Kier molecular flexibility index (Phi) is 8.04. The quantitative estimate of drug-likeness (QED) is 0.203. The second-order valence-corrected chi connectivity index (χ2v) is 10.0. The van der Waals surface area contributed by atoms with Crippen LogP contribution < -0.4 is 4.74 Å². The van der Waals surface area contributed by atoms with E-state index >= 15 is 0 Å². The average Bonchev–Trinajstić information content (AvgIpc) is 2.62. The first-order valence-corrected chi connectivity index (χ1v) is 11.9. The van der Waals surface area contributed by atoms with E-state index < -0.39 is 28.7 Å². The third-order valence-corrected chi connectivity index (χ3v) is 7.90. The lowest BCUT2D eigenvalue weighted by atomic mass is 10.0. The van der Waals surface area contributed by atoms with Crippen molar-refractivity contribution in [3.05, 3.63) is 54.2 Å². The van der Waals surface area contributed by atoms with Crippen LogP contribution in [0.15, 0.2) is 35.2 Å². The van der Waals surface area contributed by atoms with Gasteiger partial charge in [0.25, 0.3) is 0 Å². The zero-order chi connectivity index (χ0) is 21.9. The number of hydrogen-bond acceptors (Lipinski definition) is 7. The first kappa shape index (κ1) is 24.0. The molecule has 0 heterocycles. The van der Waals surface area contributed by atoms with Gasteiger partial charge in [-0.1, -0.05) is 19.9 Å². The van der Waals surface area contributed by atoms with Crippen molar-refractivity contribution in [3.63, 3.8) is 0 Å². The molecule has 2 aromatic carbocycles. The van der Waals surface area contributed by atoms with Crippen molar-refractivity contribution < 1.29 is 32.0 Å². The predicted molar refractivity (Wildman–Crippen MR) is 121 cm³/mol. The molecule has 0 atom stereocenters. The maximum atomic E-state index is 12.2. The summed E-state index contributed by atoms with van der Waals surface area (Å²) in [5.74, 6) is -1.66. The Hall–Kier alpha value is -1.25. The second kappa shape index (κ2) is 9.71. The van der Waals surface area contributed by atoms with Crippen LogP contribution in [0.2, 0.25) is 0 Å². The van der Waals surface area contributed by atoms with Crippen LogP contribution in [0, 0.1) is 14.1 Å². The molecule has 156 valence electrons. The van der Waals surface area contributed by atoms with Gasteiger partial charge in [0.2, 0.25) is 0 Å². The van der Waals surface area contributed by atoms with Crippen LogP contribution in [-0.2, 0) is 19.6 Å². The van der Waals surface area contributed by atoms with E-state index in [9.17, 15) is 22.6 Å². The third kappa shape index (κ3) is 6.12. The molecular formula is C19H17I2O7S-. The van der Waals surface area contributed by atoms with Crippen LogP contribution in [0.5, 0.6) is 5.75 Å². The van der Waals surface area contributed by atoms with Gasteiger partial charge in [0.1, 0.15) is 15.9 Å². The standard InChI is InChI=1S/C19H18I2O7S/c1-10(2)13-8-15(11(3)7-16(13)29(24,25)26)28-17(22)9-27-19(23)12-5-4-6-14(20)18(12)21/h4-8,10H,9H2,1-3H3,(H,24,25,26)/p-1. The van der Waals surface area contributed by atoms with Gasteiger partial charge in [0.05, 0.1) is 10.5 Å². The minimum Gasteiger partial charge on any atom is -0.744 e. The van der Waals surface area contributed by atoms with Crippen molar-refractivity contribution in [2.75, 3.05) is 6.61 Å². The molecule has 0 saturated carbocycles. The highest BCUT2D eigenvalue weighted by atomic mass is 127. The number of hydrogen-bond donors (Lipinski definition) is 0. The second-order valence-electron chi connectivity index (χ2n) is 6.42. The Bertz CT molecular complexity index is 1060. The molecular weight excluding hydrogens is 626 g/mol. The summed E-state index contributed by atoms with van der Waals surface area (Å²) in [6.07, 6.45) is 0. The van der Waals surface area contributed by atoms with E-state index in [1.54, 1.807) is 26.0 Å². The minimum absolute atomic E-state index is 0.103. The van der Waals surface area contributed by atoms with Crippen molar-refractivity contribution in [1.82, 2.24) is 0 Å². The van der Waals surface area contributed by atoms with Crippen molar-refractivity contribution in [2.24, 2.45) is 0 Å². The first-order valence-electron chi connectivity index (χ1n) is 8.34. The van der Waals surface area contributed by atoms with Gasteiger partial charge in [0, 0.05) is 7.14 Å². The number of carbonyl (C=O) groups excluding carboxylic acids is 2. The minimum atomic E-state index is -4.67. The van der Waals surface area contributed by atoms with Gasteiger partial charge < -0.3 is 14.0 Å². The molecule has 0 spiro atoms. The molecule has 0 N–H and O–H groups in total. The molecule has 0 aliphatic carbocycles. The lowest BCUT2D eigenvalue weighted by molar-refractivity contribution is -0.137. The Balaban J connectivity index is 2.15. The Morgan fingerprint density at radius 2 is 1.83 bits per heavy atom. The maximum Gasteiger partial charge on any atom is 0.349 e. The third-order valence-electron chi connectivity index (χ3n) is 3.92. The van der Waals surface area contributed by atoms with Crippen molar-refractivity contribution in [2.45, 2.75) is 31.6 Å². The van der Waals surface area contributed by atoms with Gasteiger partial charge in [-0.3, -0.25) is 0 Å². The summed E-state index contributed by atoms with van der Waals surface area (Å²) >= 11 is 4.11. The summed E-state index contributed by atoms with van der Waals surface area (Å²) in [4.78, 5) is 24.0. The van der Waals surface area contributed by atoms with Crippen LogP contribution in [0.1, 0.15) is 41.3 Å². The molecule has 2 rings (SSSR count). The van der Waals surface area contributed by atoms with Gasteiger partial charge >= 0.3 is 11.9 Å². The topological polar surface area (TPSA) is 110 Å². The molecule has 29 heavy (non-hydrogen) atoms. The molecule has 0 aliphatic rings. The van der Waals surface area contributed by atoms with Gasteiger partial charge in [-0.15, -0.1) is 0 Å². The normalized spacial score (nSPS) is 11.4. The smallest absolute Gasteiger partial charge is 0.349 e. The van der Waals surface area contributed by atoms with Gasteiger partial charge in [0.15, 0.2) is 6.61 Å². The van der Waals surface area contributed by atoms with E-state index in [1.165, 1.54) is 19.1 Å². The maximum absolute atomic E-state index is 12.2. The summed E-state index contributed by atoms with van der Waals surface area (Å²) in [5.41, 5.74) is 0.892. The highest BCUT2D eigenvalue weighted by Crippen LogP contribution is 2.31. The molecule has 0 amide bonds. The average molecular weight is 643 g/mol. The first-order chi connectivity index (χ1) is 13.4. The van der Waals surface area contributed by atoms with Crippen molar-refractivity contribution in [3.8, 4) is 5.75 Å². The summed E-state index contributed by atoms with van der Waals surface area (Å²) in [7, 11) is -4.67. The van der Waals surface area contributed by atoms with E-state index in [0.717, 1.165) is 7.14 Å². The molecule has 0 saturated heterocycles. The fraction of sp³-hybridized carbons (Fsp3) is 0.263. The zero-order valence-corrected chi connectivity index (χ0v) is 20.8. The van der Waals surface area contributed by atoms with E-state index in [1.807, 2.05) is 28.7 Å². The van der Waals surface area contributed by atoms with Crippen LogP contribution in [0.4, 0.5) is 0 Å². The molecule has 7 nitrogen and oxygen atoms in total. The summed E-state index contributed by atoms with van der Waals surface area (Å²) in [6, 6.07) is 7.68. The van der Waals surface area contributed by atoms with Gasteiger partial charge in [-0.2, -0.15) is 0 Å². The summed E-state index contributed by atoms with van der Waals surface area (Å²) in [6.45, 7) is 4.34. The molecule has 0 aromatic heterocycles. The highest BCUT2D eigenvalue weighted by Gasteiger charge is 2.19. The number of carbonyl (C=O) groups is 2. The fourth-order valence-electron chi connectivity index (χ4n) is 2.47. The number of rotatable bonds is 6. The number of ether oxygens (including phenoxy) is 2. The molecule has 0 radical (unpaired) electrons. The Labute approximate surface area is 196 Å². The lowest BCUT2D eigenvalue weighted by Gasteiger charge is -2.18. The molecule has 2 aromatic rings. The SMILES string of the molecule is Cc1cc(S(=O)(=O)[O-])c(C(C)C)cc1OC(=O)COC(=O)c1cccc(I)c1I. The Morgan fingerprint density at radius 3 is 2.41 bits per heavy atom. The van der Waals surface area contributed by atoms with Crippen molar-refractivity contribution >= 4 is 67.2 Å². The predicted octanol–water partition coefficient (Wildman–Crippen LogP) is 3.99. The van der Waals surface area contributed by atoms with E-state index in [0.29, 0.717) is 11.1 Å². The van der Waals surface area contributed by atoms with E-state index in [2.05, 4.69) is 22.6 Å². The largest absolute Gasteiger partial charge is 0.744 e. The van der Waals surface area contributed by atoms with Crippen LogP contribution >= 0.6 is 45.2 Å². The van der Waals surface area contributed by atoms with Crippen molar-refractivity contribution in [1.29, 1.82) is 0 Å². The van der Waals surface area contributed by atoms with Crippen LogP contribution in [0.25, 0.3) is 0 Å². The molecule has 0 fully saturated rings. The summed E-state index contributed by atoms with van der Waals surface area (Å²) in [5, 5.41) is 0. The van der Waals surface area contributed by atoms with Gasteiger partial charge in [-0.05, 0) is 93.4 Å². The molecule has 10 heteroatoms. The monoisotopic (exact) mass is 643 g/mol. The molecule has 0 bridgehead atoms. The number of esters is 2. The number of benzene rings is 2. The number of halogens is 2. The summed E-state index contributed by atoms with van der Waals surface area (Å²) < 4.78 is 46.3. The highest BCUT2D eigenvalue weighted by molar-refractivity contribution is 14.1. The van der Waals surface area contributed by atoms with E-state index in [-0.39, 0.29) is 22.1 Å².